The summed E-state index contributed by atoms with van der Waals surface area (Å²) in [6.45, 7) is 3.67. The maximum atomic E-state index is 12.2. The molecule has 0 radical (unpaired) electrons. The van der Waals surface area contributed by atoms with Crippen molar-refractivity contribution in [3.8, 4) is 0 Å². The Kier molecular flexibility index (Phi) is 5.83. The van der Waals surface area contributed by atoms with Crippen LogP contribution in [-0.4, -0.2) is 49.9 Å². The molecule has 20 heavy (non-hydrogen) atoms. The van der Waals surface area contributed by atoms with Gasteiger partial charge in [0.1, 0.15) is 0 Å². The molecule has 2 rings (SSSR count). The van der Waals surface area contributed by atoms with Crippen molar-refractivity contribution in [1.82, 2.24) is 15.5 Å². The summed E-state index contributed by atoms with van der Waals surface area (Å²) in [7, 11) is 1.68. The minimum absolute atomic E-state index is 0.0912. The number of nitrogens with zero attached hydrogens (tertiary/aromatic N) is 1. The summed E-state index contributed by atoms with van der Waals surface area (Å²) in [5, 5.41) is 6.05. The molecule has 5 heteroatoms. The Morgan fingerprint density at radius 1 is 1.15 bits per heavy atom. The molecule has 5 nitrogen and oxygen atoms in total. The molecule has 2 saturated heterocycles. The zero-order chi connectivity index (χ0) is 14.4. The highest BCUT2D eigenvalue weighted by atomic mass is 16.2. The van der Waals surface area contributed by atoms with E-state index >= 15 is 0 Å². The molecule has 0 aliphatic carbocycles. The van der Waals surface area contributed by atoms with Gasteiger partial charge in [-0.25, -0.2) is 0 Å². The van der Waals surface area contributed by atoms with Crippen LogP contribution in [0, 0.1) is 11.8 Å². The van der Waals surface area contributed by atoms with Gasteiger partial charge in [0.15, 0.2) is 0 Å². The van der Waals surface area contributed by atoms with Crippen LogP contribution in [0.5, 0.6) is 0 Å². The van der Waals surface area contributed by atoms with Gasteiger partial charge in [0.05, 0.1) is 0 Å². The number of amides is 2. The lowest BCUT2D eigenvalue weighted by Crippen LogP contribution is -2.42. The highest BCUT2D eigenvalue weighted by Gasteiger charge is 2.26. The molecule has 2 amide bonds. The number of rotatable bonds is 4. The summed E-state index contributed by atoms with van der Waals surface area (Å²) in [4.78, 5) is 25.7. The average molecular weight is 281 g/mol. The first-order valence-electron chi connectivity index (χ1n) is 7.90. The summed E-state index contributed by atoms with van der Waals surface area (Å²) in [6, 6.07) is 0. The van der Waals surface area contributed by atoms with Crippen molar-refractivity contribution in [3.05, 3.63) is 0 Å². The highest BCUT2D eigenvalue weighted by Crippen LogP contribution is 2.21. The lowest BCUT2D eigenvalue weighted by atomic mass is 9.92. The Balaban J connectivity index is 1.67. The fourth-order valence-corrected chi connectivity index (χ4v) is 3.25. The summed E-state index contributed by atoms with van der Waals surface area (Å²) in [6.07, 6.45) is 5.71. The highest BCUT2D eigenvalue weighted by molar-refractivity contribution is 5.79. The van der Waals surface area contributed by atoms with Crippen molar-refractivity contribution in [1.29, 1.82) is 0 Å². The van der Waals surface area contributed by atoms with E-state index in [1.807, 2.05) is 4.90 Å². The van der Waals surface area contributed by atoms with Gasteiger partial charge in [-0.3, -0.25) is 9.59 Å². The van der Waals surface area contributed by atoms with Crippen LogP contribution in [0.1, 0.15) is 38.5 Å². The van der Waals surface area contributed by atoms with Crippen molar-refractivity contribution in [2.45, 2.75) is 38.5 Å². The molecule has 0 aromatic rings. The van der Waals surface area contributed by atoms with Gasteiger partial charge in [-0.2, -0.15) is 0 Å². The summed E-state index contributed by atoms with van der Waals surface area (Å²) >= 11 is 0. The molecular formula is C15H27N3O2. The molecule has 0 saturated carbocycles. The Hall–Kier alpha value is -1.10. The minimum atomic E-state index is 0.0912. The van der Waals surface area contributed by atoms with E-state index in [1.165, 1.54) is 12.8 Å². The first kappa shape index (κ1) is 15.3. The fraction of sp³-hybridized carbons (Fsp3) is 0.867. The van der Waals surface area contributed by atoms with E-state index in [0.717, 1.165) is 45.4 Å². The Morgan fingerprint density at radius 3 is 2.40 bits per heavy atom. The predicted molar refractivity (Wildman–Crippen MR) is 78.2 cm³/mol. The standard InChI is InChI=1S/C15H27N3O2/c1-16-15(20)13-6-10-18(11-7-13)14(19)3-2-12-4-8-17-9-5-12/h12-13,17H,2-11H2,1H3,(H,16,20). The molecule has 0 bridgehead atoms. The number of nitrogens with one attached hydrogen (secondary N) is 2. The summed E-state index contributed by atoms with van der Waals surface area (Å²) in [5.41, 5.74) is 0. The van der Waals surface area contributed by atoms with Crippen LogP contribution in [0.3, 0.4) is 0 Å². The van der Waals surface area contributed by atoms with Crippen LogP contribution < -0.4 is 10.6 Å². The van der Waals surface area contributed by atoms with Gasteiger partial charge >= 0.3 is 0 Å². The van der Waals surface area contributed by atoms with E-state index in [-0.39, 0.29) is 17.7 Å². The molecule has 2 aliphatic heterocycles. The van der Waals surface area contributed by atoms with Gasteiger partial charge in [-0.15, -0.1) is 0 Å². The topological polar surface area (TPSA) is 61.4 Å². The molecule has 2 heterocycles. The maximum Gasteiger partial charge on any atom is 0.222 e. The van der Waals surface area contributed by atoms with Crippen LogP contribution in [0.4, 0.5) is 0 Å². The van der Waals surface area contributed by atoms with Crippen LogP contribution in [0.15, 0.2) is 0 Å². The zero-order valence-corrected chi connectivity index (χ0v) is 12.5. The van der Waals surface area contributed by atoms with Crippen molar-refractivity contribution in [2.24, 2.45) is 11.8 Å². The van der Waals surface area contributed by atoms with Crippen LogP contribution in [0.2, 0.25) is 0 Å². The second-order valence-corrected chi connectivity index (χ2v) is 6.00. The van der Waals surface area contributed by atoms with E-state index in [0.29, 0.717) is 12.3 Å². The normalized spacial score (nSPS) is 21.8. The third kappa shape index (κ3) is 4.20. The molecule has 0 aromatic heterocycles. The van der Waals surface area contributed by atoms with Crippen molar-refractivity contribution >= 4 is 11.8 Å². The lowest BCUT2D eigenvalue weighted by Gasteiger charge is -2.31. The third-order valence-corrected chi connectivity index (χ3v) is 4.69. The molecule has 0 aromatic carbocycles. The first-order valence-corrected chi connectivity index (χ1v) is 7.90. The van der Waals surface area contributed by atoms with Crippen LogP contribution in [-0.2, 0) is 9.59 Å². The van der Waals surface area contributed by atoms with Gasteiger partial charge in [0.2, 0.25) is 11.8 Å². The average Bonchev–Trinajstić information content (AvgIpc) is 2.53. The van der Waals surface area contributed by atoms with Gasteiger partial charge < -0.3 is 15.5 Å². The van der Waals surface area contributed by atoms with Gasteiger partial charge in [0, 0.05) is 32.5 Å². The van der Waals surface area contributed by atoms with Crippen molar-refractivity contribution in [2.75, 3.05) is 33.2 Å². The molecule has 2 aliphatic rings. The largest absolute Gasteiger partial charge is 0.359 e. The van der Waals surface area contributed by atoms with E-state index in [9.17, 15) is 9.59 Å². The number of carbonyl (C=O) groups is 2. The molecule has 2 N–H and O–H groups in total. The quantitative estimate of drug-likeness (QED) is 0.799. The number of piperidine rings is 2. The lowest BCUT2D eigenvalue weighted by molar-refractivity contribution is -0.135. The number of hydrogen-bond donors (Lipinski definition) is 2. The van der Waals surface area contributed by atoms with Crippen LogP contribution in [0.25, 0.3) is 0 Å². The van der Waals surface area contributed by atoms with Crippen molar-refractivity contribution < 1.29 is 9.59 Å². The number of carbonyl (C=O) groups excluding carboxylic acids is 2. The van der Waals surface area contributed by atoms with E-state index in [1.54, 1.807) is 7.05 Å². The SMILES string of the molecule is CNC(=O)C1CCN(C(=O)CCC2CCNCC2)CC1. The van der Waals surface area contributed by atoms with Crippen molar-refractivity contribution in [3.63, 3.8) is 0 Å². The molecule has 114 valence electrons. The van der Waals surface area contributed by atoms with E-state index < -0.39 is 0 Å². The van der Waals surface area contributed by atoms with Gasteiger partial charge in [0.25, 0.3) is 0 Å². The predicted octanol–water partition coefficient (Wildman–Crippen LogP) is 0.751. The van der Waals surface area contributed by atoms with E-state index in [4.69, 9.17) is 0 Å². The molecule has 0 atom stereocenters. The monoisotopic (exact) mass is 281 g/mol. The second kappa shape index (κ2) is 7.62. The second-order valence-electron chi connectivity index (χ2n) is 6.00. The number of hydrogen-bond acceptors (Lipinski definition) is 3. The molecule has 2 fully saturated rings. The smallest absolute Gasteiger partial charge is 0.222 e. The minimum Gasteiger partial charge on any atom is -0.359 e. The molecular weight excluding hydrogens is 254 g/mol. The summed E-state index contributed by atoms with van der Waals surface area (Å²) in [5.74, 6) is 1.20. The maximum absolute atomic E-state index is 12.2. The third-order valence-electron chi connectivity index (χ3n) is 4.69. The number of likely N-dealkylation sites (tertiary alicyclic amines) is 1. The Bertz CT molecular complexity index is 332. The zero-order valence-electron chi connectivity index (χ0n) is 12.5. The first-order chi connectivity index (χ1) is 9.70. The van der Waals surface area contributed by atoms with E-state index in [2.05, 4.69) is 10.6 Å². The Labute approximate surface area is 121 Å². The van der Waals surface area contributed by atoms with Gasteiger partial charge in [-0.05, 0) is 51.1 Å². The molecule has 0 unspecified atom stereocenters. The molecule has 0 spiro atoms. The van der Waals surface area contributed by atoms with Crippen LogP contribution >= 0.6 is 0 Å². The fourth-order valence-electron chi connectivity index (χ4n) is 3.25. The Morgan fingerprint density at radius 2 is 1.80 bits per heavy atom. The summed E-state index contributed by atoms with van der Waals surface area (Å²) < 4.78 is 0. The van der Waals surface area contributed by atoms with Gasteiger partial charge in [-0.1, -0.05) is 0 Å².